The summed E-state index contributed by atoms with van der Waals surface area (Å²) >= 11 is 0. The third kappa shape index (κ3) is 2.60. The summed E-state index contributed by atoms with van der Waals surface area (Å²) < 4.78 is 42.3. The number of pyridine rings is 1. The Labute approximate surface area is 179 Å². The van der Waals surface area contributed by atoms with Gasteiger partial charge in [-0.3, -0.25) is 9.59 Å². The number of imidazole rings is 1. The van der Waals surface area contributed by atoms with Crippen LogP contribution in [0.1, 0.15) is 22.3 Å². The summed E-state index contributed by atoms with van der Waals surface area (Å²) in [5.74, 6) is -1.72. The number of ketones is 1. The Bertz CT molecular complexity index is 1490. The Morgan fingerprint density at radius 2 is 1.66 bits per heavy atom. The highest BCUT2D eigenvalue weighted by Gasteiger charge is 2.35. The Balaban J connectivity index is 1.59. The maximum absolute atomic E-state index is 14.1. The van der Waals surface area contributed by atoms with E-state index < -0.39 is 17.2 Å². The molecule has 1 aliphatic heterocycles. The van der Waals surface area contributed by atoms with E-state index in [0.29, 0.717) is 41.3 Å². The number of aromatic nitrogens is 3. The highest BCUT2D eigenvalue weighted by Crippen LogP contribution is 2.45. The summed E-state index contributed by atoms with van der Waals surface area (Å²) in [7, 11) is 0. The molecule has 6 rings (SSSR count). The van der Waals surface area contributed by atoms with Gasteiger partial charge >= 0.3 is 0 Å². The van der Waals surface area contributed by atoms with Crippen LogP contribution in [0.4, 0.5) is 8.78 Å². The second kappa shape index (κ2) is 6.74. The number of aryl methyl sites for hydroxylation is 1. The van der Waals surface area contributed by atoms with Crippen LogP contribution >= 0.6 is 0 Å². The first-order valence-corrected chi connectivity index (χ1v) is 10.0. The Morgan fingerprint density at radius 3 is 2.38 bits per heavy atom. The number of hydrogen-bond acceptors (Lipinski definition) is 5. The maximum atomic E-state index is 14.1. The van der Waals surface area contributed by atoms with Gasteiger partial charge in [-0.25, -0.2) is 13.8 Å². The zero-order chi connectivity index (χ0) is 22.0. The van der Waals surface area contributed by atoms with Gasteiger partial charge in [0.25, 0.3) is 5.56 Å². The zero-order valence-electron chi connectivity index (χ0n) is 16.6. The summed E-state index contributed by atoms with van der Waals surface area (Å²) in [5.41, 5.74) is 0.934. The molecule has 160 valence electrons. The molecule has 32 heavy (non-hydrogen) atoms. The van der Waals surface area contributed by atoms with Crippen molar-refractivity contribution >= 4 is 16.6 Å². The predicted octanol–water partition coefficient (Wildman–Crippen LogP) is 3.51. The SMILES string of the molecule is O=C1c2cc3c(cc2-c2c1c1cc(F)c(F)cc1c(=O)n2CCCn1ccnc1)OCO3. The molecule has 2 aromatic carbocycles. The number of halogens is 2. The minimum absolute atomic E-state index is 0.0357. The first kappa shape index (κ1) is 18.7. The van der Waals surface area contributed by atoms with Gasteiger partial charge in [0.15, 0.2) is 28.9 Å². The van der Waals surface area contributed by atoms with Crippen molar-refractivity contribution in [2.75, 3.05) is 6.79 Å². The summed E-state index contributed by atoms with van der Waals surface area (Å²) in [4.78, 5) is 30.8. The molecule has 9 heteroatoms. The van der Waals surface area contributed by atoms with Crippen LogP contribution in [0.25, 0.3) is 22.0 Å². The zero-order valence-corrected chi connectivity index (χ0v) is 16.6. The van der Waals surface area contributed by atoms with Gasteiger partial charge in [0.1, 0.15) is 0 Å². The van der Waals surface area contributed by atoms with Gasteiger partial charge < -0.3 is 18.6 Å². The second-order valence-corrected chi connectivity index (χ2v) is 7.73. The molecule has 3 heterocycles. The van der Waals surface area contributed by atoms with Crippen LogP contribution in [0.5, 0.6) is 11.5 Å². The number of carbonyl (C=O) groups is 1. The molecule has 0 unspecified atom stereocenters. The summed E-state index contributed by atoms with van der Waals surface area (Å²) in [6.45, 7) is 0.910. The summed E-state index contributed by atoms with van der Waals surface area (Å²) in [5, 5.41) is 0.0597. The number of benzene rings is 2. The maximum Gasteiger partial charge on any atom is 0.259 e. The predicted molar refractivity (Wildman–Crippen MR) is 110 cm³/mol. The number of ether oxygens (including phenoxy) is 2. The van der Waals surface area contributed by atoms with E-state index in [1.165, 1.54) is 4.57 Å². The lowest BCUT2D eigenvalue weighted by molar-refractivity contribution is 0.104. The van der Waals surface area contributed by atoms with Crippen LogP contribution in [0.2, 0.25) is 0 Å². The summed E-state index contributed by atoms with van der Waals surface area (Å²) in [6, 6.07) is 5.03. The van der Waals surface area contributed by atoms with Crippen molar-refractivity contribution in [2.45, 2.75) is 19.5 Å². The fraction of sp³-hybridized carbons (Fsp3) is 0.174. The first-order chi connectivity index (χ1) is 15.5. The molecule has 2 aromatic heterocycles. The number of hydrogen-bond donors (Lipinski definition) is 0. The molecule has 0 saturated heterocycles. The summed E-state index contributed by atoms with van der Waals surface area (Å²) in [6.07, 6.45) is 5.71. The molecule has 1 aliphatic carbocycles. The van der Waals surface area contributed by atoms with Crippen molar-refractivity contribution in [2.24, 2.45) is 0 Å². The van der Waals surface area contributed by atoms with Crippen LogP contribution in [-0.2, 0) is 13.1 Å². The first-order valence-electron chi connectivity index (χ1n) is 10.0. The lowest BCUT2D eigenvalue weighted by Gasteiger charge is -2.15. The molecule has 0 bridgehead atoms. The molecule has 0 amide bonds. The van der Waals surface area contributed by atoms with E-state index in [9.17, 15) is 18.4 Å². The van der Waals surface area contributed by atoms with Crippen molar-refractivity contribution in [3.63, 3.8) is 0 Å². The minimum Gasteiger partial charge on any atom is -0.454 e. The van der Waals surface area contributed by atoms with Crippen LogP contribution in [-0.4, -0.2) is 26.7 Å². The van der Waals surface area contributed by atoms with Crippen molar-refractivity contribution in [1.29, 1.82) is 0 Å². The van der Waals surface area contributed by atoms with E-state index in [2.05, 4.69) is 4.98 Å². The van der Waals surface area contributed by atoms with E-state index >= 15 is 0 Å². The van der Waals surface area contributed by atoms with E-state index in [-0.39, 0.29) is 35.5 Å². The van der Waals surface area contributed by atoms with Crippen molar-refractivity contribution < 1.29 is 23.0 Å². The number of rotatable bonds is 4. The Hall–Kier alpha value is -4.01. The minimum atomic E-state index is -1.14. The fourth-order valence-corrected chi connectivity index (χ4v) is 4.45. The van der Waals surface area contributed by atoms with Crippen LogP contribution in [0, 0.1) is 11.6 Å². The molecule has 0 fully saturated rings. The largest absolute Gasteiger partial charge is 0.454 e. The molecular weight excluding hydrogens is 420 g/mol. The molecule has 0 radical (unpaired) electrons. The van der Waals surface area contributed by atoms with Crippen molar-refractivity contribution in [1.82, 2.24) is 14.1 Å². The van der Waals surface area contributed by atoms with Gasteiger partial charge in [-0.1, -0.05) is 0 Å². The molecule has 0 saturated carbocycles. The van der Waals surface area contributed by atoms with E-state index in [0.717, 1.165) is 12.1 Å². The second-order valence-electron chi connectivity index (χ2n) is 7.73. The Kier molecular flexibility index (Phi) is 3.95. The highest BCUT2D eigenvalue weighted by atomic mass is 19.2. The molecule has 2 aliphatic rings. The molecule has 7 nitrogen and oxygen atoms in total. The standard InChI is InChI=1S/C23H15F2N3O4/c24-16-6-12-15(7-17(16)25)23(30)28(4-1-3-27-5-2-26-10-27)21-13-8-18-19(32-11-31-18)9-14(13)22(29)20(12)21/h2,5-10H,1,3-4,11H2. The van der Waals surface area contributed by atoms with Gasteiger partial charge in [0.2, 0.25) is 6.79 Å². The number of carbonyl (C=O) groups excluding carboxylic acids is 1. The van der Waals surface area contributed by atoms with Crippen LogP contribution < -0.4 is 15.0 Å². The molecule has 0 N–H and O–H groups in total. The van der Waals surface area contributed by atoms with Crippen molar-refractivity contribution in [3.8, 4) is 22.8 Å². The van der Waals surface area contributed by atoms with Gasteiger partial charge in [0, 0.05) is 42.0 Å². The monoisotopic (exact) mass is 435 g/mol. The van der Waals surface area contributed by atoms with Gasteiger partial charge in [-0.05, 0) is 30.7 Å². The third-order valence-electron chi connectivity index (χ3n) is 5.91. The number of fused-ring (bicyclic) bond motifs is 6. The van der Waals surface area contributed by atoms with E-state index in [4.69, 9.17) is 9.47 Å². The van der Waals surface area contributed by atoms with Crippen molar-refractivity contribution in [3.05, 3.63) is 76.1 Å². The highest BCUT2D eigenvalue weighted by molar-refractivity contribution is 6.27. The van der Waals surface area contributed by atoms with Crippen LogP contribution in [0.3, 0.4) is 0 Å². The number of nitrogens with zero attached hydrogens (tertiary/aromatic N) is 3. The molecule has 0 atom stereocenters. The smallest absolute Gasteiger partial charge is 0.259 e. The van der Waals surface area contributed by atoms with Gasteiger partial charge in [-0.2, -0.15) is 0 Å². The fourth-order valence-electron chi connectivity index (χ4n) is 4.45. The molecular formula is C23H15F2N3O4. The van der Waals surface area contributed by atoms with Gasteiger partial charge in [-0.15, -0.1) is 0 Å². The lowest BCUT2D eigenvalue weighted by atomic mass is 10.0. The molecule has 4 aromatic rings. The lowest BCUT2D eigenvalue weighted by Crippen LogP contribution is -2.24. The third-order valence-corrected chi connectivity index (χ3v) is 5.91. The molecule has 0 spiro atoms. The van der Waals surface area contributed by atoms with E-state index in [1.807, 2.05) is 10.8 Å². The average molecular weight is 435 g/mol. The van der Waals surface area contributed by atoms with Gasteiger partial charge in [0.05, 0.1) is 23.0 Å². The Morgan fingerprint density at radius 1 is 0.938 bits per heavy atom. The van der Waals surface area contributed by atoms with Crippen LogP contribution in [0.15, 0.2) is 47.8 Å². The topological polar surface area (TPSA) is 75.4 Å². The quantitative estimate of drug-likeness (QED) is 0.432. The average Bonchev–Trinajstić information content (AvgIpc) is 3.51. The normalized spacial score (nSPS) is 13.6. The van der Waals surface area contributed by atoms with E-state index in [1.54, 1.807) is 24.7 Å².